The summed E-state index contributed by atoms with van der Waals surface area (Å²) in [5.74, 6) is 0.142. The number of nitrogens with one attached hydrogen (secondary N) is 1. The fourth-order valence-corrected chi connectivity index (χ4v) is 3.25. The van der Waals surface area contributed by atoms with Gasteiger partial charge in [-0.1, -0.05) is 35.0 Å². The fourth-order valence-electron chi connectivity index (χ4n) is 2.47. The highest BCUT2D eigenvalue weighted by Crippen LogP contribution is 2.20. The first kappa shape index (κ1) is 22.2. The summed E-state index contributed by atoms with van der Waals surface area (Å²) in [6, 6.07) is 13.9. The number of carbonyl (C=O) groups is 1. The fraction of sp³-hybridized carbons (Fsp3) is 0.350. The number of hydrogen-bond donors (Lipinski definition) is 1. The molecule has 0 aliphatic heterocycles. The Balaban J connectivity index is 2.17. The molecule has 6 nitrogen and oxygen atoms in total. The van der Waals surface area contributed by atoms with Gasteiger partial charge in [0.05, 0.1) is 5.75 Å². The van der Waals surface area contributed by atoms with Crippen molar-refractivity contribution in [2.24, 2.45) is 0 Å². The van der Waals surface area contributed by atoms with Crippen molar-refractivity contribution in [3.63, 3.8) is 0 Å². The Hall–Kier alpha value is -2.06. The molecule has 28 heavy (non-hydrogen) atoms. The van der Waals surface area contributed by atoms with Crippen LogP contribution in [0.3, 0.4) is 0 Å². The van der Waals surface area contributed by atoms with E-state index in [4.69, 9.17) is 4.18 Å². The van der Waals surface area contributed by atoms with Crippen LogP contribution in [0.4, 0.5) is 10.5 Å². The molecule has 2 aromatic carbocycles. The minimum Gasteiger partial charge on any atom is -0.382 e. The average molecular weight is 469 g/mol. The summed E-state index contributed by atoms with van der Waals surface area (Å²) in [6.45, 7) is 5.85. The third kappa shape index (κ3) is 6.53. The maximum Gasteiger partial charge on any atom is 0.322 e. The third-order valence-corrected chi connectivity index (χ3v) is 5.99. The molecule has 1 unspecified atom stereocenters. The van der Waals surface area contributed by atoms with E-state index in [0.717, 1.165) is 16.5 Å². The van der Waals surface area contributed by atoms with E-state index >= 15 is 0 Å². The number of rotatable bonds is 8. The number of nitrogens with zero attached hydrogens (tertiary/aromatic N) is 1. The van der Waals surface area contributed by atoms with Crippen LogP contribution < -0.4 is 9.50 Å². The minimum absolute atomic E-state index is 0.000558. The molecule has 0 bridgehead atoms. The molecule has 0 saturated heterocycles. The third-order valence-electron chi connectivity index (χ3n) is 4.31. The van der Waals surface area contributed by atoms with E-state index in [-0.39, 0.29) is 23.6 Å². The van der Waals surface area contributed by atoms with Crippen LogP contribution in [0, 0.1) is 0 Å². The second kappa shape index (κ2) is 9.93. The lowest BCUT2D eigenvalue weighted by atomic mass is 10.1. The van der Waals surface area contributed by atoms with Crippen LogP contribution >= 0.6 is 15.9 Å². The Kier molecular flexibility index (Phi) is 7.88. The standard InChI is InChI=1S/C20H25BrN2O4S/c1-4-15(3)23(20(24)22-18-11-9-17(21)10-12-18)14-16-7-6-8-19(13-16)27-28(25,26)5-2/h6-13,15H,4-5,14H2,1-3H3,(H,22,24). The molecule has 152 valence electrons. The summed E-state index contributed by atoms with van der Waals surface area (Å²) in [7, 11) is -3.60. The van der Waals surface area contributed by atoms with Crippen molar-refractivity contribution in [3.8, 4) is 5.75 Å². The number of urea groups is 1. The molecule has 1 atom stereocenters. The Bertz CT molecular complexity index is 901. The molecule has 0 spiro atoms. The van der Waals surface area contributed by atoms with E-state index in [1.54, 1.807) is 23.1 Å². The van der Waals surface area contributed by atoms with Crippen LogP contribution in [0.15, 0.2) is 53.0 Å². The molecule has 2 amide bonds. The molecule has 8 heteroatoms. The Morgan fingerprint density at radius 2 is 1.86 bits per heavy atom. The van der Waals surface area contributed by atoms with Crippen molar-refractivity contribution in [1.29, 1.82) is 0 Å². The predicted molar refractivity (Wildman–Crippen MR) is 115 cm³/mol. The number of halogens is 1. The maximum absolute atomic E-state index is 12.8. The molecular weight excluding hydrogens is 444 g/mol. The summed E-state index contributed by atoms with van der Waals surface area (Å²) in [5, 5.41) is 2.91. The molecule has 0 saturated carbocycles. The Morgan fingerprint density at radius 1 is 1.18 bits per heavy atom. The molecule has 0 fully saturated rings. The summed E-state index contributed by atoms with van der Waals surface area (Å²) >= 11 is 3.37. The van der Waals surface area contributed by atoms with Gasteiger partial charge < -0.3 is 14.4 Å². The average Bonchev–Trinajstić information content (AvgIpc) is 2.67. The molecule has 0 aliphatic carbocycles. The maximum atomic E-state index is 12.8. The summed E-state index contributed by atoms with van der Waals surface area (Å²) in [6.07, 6.45) is 0.786. The van der Waals surface area contributed by atoms with Crippen molar-refractivity contribution in [3.05, 3.63) is 58.6 Å². The van der Waals surface area contributed by atoms with E-state index in [1.807, 2.05) is 44.2 Å². The number of hydrogen-bond acceptors (Lipinski definition) is 4. The van der Waals surface area contributed by atoms with Crippen LogP contribution in [0.1, 0.15) is 32.8 Å². The van der Waals surface area contributed by atoms with Gasteiger partial charge in [0, 0.05) is 22.7 Å². The van der Waals surface area contributed by atoms with Gasteiger partial charge in [0.2, 0.25) is 0 Å². The van der Waals surface area contributed by atoms with E-state index < -0.39 is 10.1 Å². The van der Waals surface area contributed by atoms with Gasteiger partial charge in [-0.2, -0.15) is 8.42 Å². The SMILES string of the molecule is CCC(C)N(Cc1cccc(OS(=O)(=O)CC)c1)C(=O)Nc1ccc(Br)cc1. The van der Waals surface area contributed by atoms with Crippen molar-refractivity contribution in [2.75, 3.05) is 11.1 Å². The number of amides is 2. The molecule has 0 aliphatic rings. The van der Waals surface area contributed by atoms with Gasteiger partial charge in [0.1, 0.15) is 5.75 Å². The van der Waals surface area contributed by atoms with Gasteiger partial charge in [-0.05, 0) is 62.2 Å². The first-order chi connectivity index (χ1) is 13.2. The molecule has 0 heterocycles. The van der Waals surface area contributed by atoms with Crippen LogP contribution in [0.2, 0.25) is 0 Å². The first-order valence-corrected chi connectivity index (χ1v) is 11.5. The van der Waals surface area contributed by atoms with Gasteiger partial charge in [-0.15, -0.1) is 0 Å². The van der Waals surface area contributed by atoms with Crippen LogP contribution in [0.5, 0.6) is 5.75 Å². The number of anilines is 1. The molecule has 0 radical (unpaired) electrons. The summed E-state index contributed by atoms with van der Waals surface area (Å²) in [4.78, 5) is 14.6. The smallest absolute Gasteiger partial charge is 0.322 e. The monoisotopic (exact) mass is 468 g/mol. The largest absolute Gasteiger partial charge is 0.382 e. The number of carbonyl (C=O) groups excluding carboxylic acids is 1. The van der Waals surface area contributed by atoms with E-state index in [1.165, 1.54) is 6.92 Å². The quantitative estimate of drug-likeness (QED) is 0.552. The van der Waals surface area contributed by atoms with Crippen molar-refractivity contribution in [2.45, 2.75) is 39.8 Å². The minimum atomic E-state index is -3.60. The van der Waals surface area contributed by atoms with Crippen molar-refractivity contribution >= 4 is 37.8 Å². The predicted octanol–water partition coefficient (Wildman–Crippen LogP) is 5.01. The zero-order chi connectivity index (χ0) is 20.7. The highest BCUT2D eigenvalue weighted by Gasteiger charge is 2.20. The lowest BCUT2D eigenvalue weighted by Gasteiger charge is -2.29. The van der Waals surface area contributed by atoms with Gasteiger partial charge in [-0.25, -0.2) is 4.79 Å². The molecular formula is C20H25BrN2O4S. The highest BCUT2D eigenvalue weighted by molar-refractivity contribution is 9.10. The van der Waals surface area contributed by atoms with Gasteiger partial charge >= 0.3 is 16.1 Å². The van der Waals surface area contributed by atoms with Crippen molar-refractivity contribution < 1.29 is 17.4 Å². The second-order valence-electron chi connectivity index (χ2n) is 6.40. The molecule has 2 aromatic rings. The van der Waals surface area contributed by atoms with Gasteiger partial charge in [0.25, 0.3) is 0 Å². The van der Waals surface area contributed by atoms with E-state index in [0.29, 0.717) is 12.2 Å². The topological polar surface area (TPSA) is 75.7 Å². The Morgan fingerprint density at radius 3 is 2.46 bits per heavy atom. The number of benzene rings is 2. The molecule has 1 N–H and O–H groups in total. The Labute approximate surface area is 175 Å². The normalized spacial score (nSPS) is 12.3. The second-order valence-corrected chi connectivity index (χ2v) is 9.17. The van der Waals surface area contributed by atoms with E-state index in [2.05, 4.69) is 21.2 Å². The molecule has 2 rings (SSSR count). The van der Waals surface area contributed by atoms with Gasteiger partial charge in [0.15, 0.2) is 0 Å². The lowest BCUT2D eigenvalue weighted by molar-refractivity contribution is 0.187. The van der Waals surface area contributed by atoms with Crippen molar-refractivity contribution in [1.82, 2.24) is 4.90 Å². The first-order valence-electron chi connectivity index (χ1n) is 9.08. The van der Waals surface area contributed by atoms with Crippen LogP contribution in [0.25, 0.3) is 0 Å². The van der Waals surface area contributed by atoms with Crippen LogP contribution in [-0.4, -0.2) is 31.1 Å². The molecule has 0 aromatic heterocycles. The van der Waals surface area contributed by atoms with Crippen LogP contribution in [-0.2, 0) is 16.7 Å². The lowest BCUT2D eigenvalue weighted by Crippen LogP contribution is -2.40. The zero-order valence-electron chi connectivity index (χ0n) is 16.2. The summed E-state index contributed by atoms with van der Waals surface area (Å²) < 4.78 is 29.4. The van der Waals surface area contributed by atoms with E-state index in [9.17, 15) is 13.2 Å². The van der Waals surface area contributed by atoms with Gasteiger partial charge in [-0.3, -0.25) is 0 Å². The highest BCUT2D eigenvalue weighted by atomic mass is 79.9. The zero-order valence-corrected chi connectivity index (χ0v) is 18.6. The summed E-state index contributed by atoms with van der Waals surface area (Å²) in [5.41, 5.74) is 1.49.